The molecular weight excluding hydrogens is 583 g/mol. The van der Waals surface area contributed by atoms with E-state index in [1.54, 1.807) is 0 Å². The number of para-hydroxylation sites is 1. The fourth-order valence-corrected chi connectivity index (χ4v) is 9.20. The van der Waals surface area contributed by atoms with Gasteiger partial charge in [0.25, 0.3) is 5.56 Å². The number of nitrogens with zero attached hydrogens (tertiary/aromatic N) is 1. The van der Waals surface area contributed by atoms with Crippen LogP contribution in [0.25, 0.3) is 60.2 Å². The summed E-state index contributed by atoms with van der Waals surface area (Å²) in [7, 11) is 0. The van der Waals surface area contributed by atoms with Crippen LogP contribution in [0.4, 0.5) is 0 Å². The molecule has 0 aliphatic heterocycles. The van der Waals surface area contributed by atoms with Crippen molar-refractivity contribution >= 4 is 38.0 Å². The molecular formula is C46H37NO. The van der Waals surface area contributed by atoms with Crippen molar-refractivity contribution in [3.63, 3.8) is 0 Å². The van der Waals surface area contributed by atoms with E-state index in [0.29, 0.717) is 0 Å². The highest BCUT2D eigenvalue weighted by atomic mass is 16.1. The molecule has 10 rings (SSSR count). The summed E-state index contributed by atoms with van der Waals surface area (Å²) in [5.41, 5.74) is 14.5. The Hall–Kier alpha value is -5.21. The van der Waals surface area contributed by atoms with Crippen LogP contribution in [0, 0.1) is 0 Å². The molecule has 2 heterocycles. The SMILES string of the molecule is CC(C)(C)c1ccc2c(c1)C1(c3cc(C(C)(C)C)ccc3-2)c2ccccc2-c2c1ccc1c3cccc4c5ccccc5c(=O)n(c21)c43. The van der Waals surface area contributed by atoms with Gasteiger partial charge in [-0.25, -0.2) is 0 Å². The molecule has 6 aromatic carbocycles. The number of hydrogen-bond donors (Lipinski definition) is 0. The van der Waals surface area contributed by atoms with Crippen LogP contribution in [-0.2, 0) is 16.2 Å². The van der Waals surface area contributed by atoms with Gasteiger partial charge in [0, 0.05) is 27.1 Å². The van der Waals surface area contributed by atoms with Gasteiger partial charge in [0.15, 0.2) is 0 Å². The molecule has 0 fully saturated rings. The second kappa shape index (κ2) is 8.82. The summed E-state index contributed by atoms with van der Waals surface area (Å²) in [4.78, 5) is 14.7. The summed E-state index contributed by atoms with van der Waals surface area (Å²) in [6.07, 6.45) is 0. The number of benzene rings is 6. The molecule has 0 unspecified atom stereocenters. The summed E-state index contributed by atoms with van der Waals surface area (Å²) < 4.78 is 2.05. The number of aromatic nitrogens is 1. The van der Waals surface area contributed by atoms with Gasteiger partial charge < -0.3 is 0 Å². The van der Waals surface area contributed by atoms with Crippen molar-refractivity contribution in [2.24, 2.45) is 0 Å². The highest BCUT2D eigenvalue weighted by Crippen LogP contribution is 2.64. The summed E-state index contributed by atoms with van der Waals surface area (Å²) in [6, 6.07) is 42.6. The van der Waals surface area contributed by atoms with Crippen LogP contribution in [0.2, 0.25) is 0 Å². The van der Waals surface area contributed by atoms with Crippen molar-refractivity contribution in [3.8, 4) is 22.3 Å². The van der Waals surface area contributed by atoms with Crippen molar-refractivity contribution in [2.75, 3.05) is 0 Å². The lowest BCUT2D eigenvalue weighted by Crippen LogP contribution is -2.27. The third-order valence-corrected chi connectivity index (χ3v) is 11.5. The van der Waals surface area contributed by atoms with E-state index in [2.05, 4.69) is 139 Å². The minimum absolute atomic E-state index is 0.00783. The molecule has 2 aliphatic carbocycles. The second-order valence-electron chi connectivity index (χ2n) is 16.1. The summed E-state index contributed by atoms with van der Waals surface area (Å²) in [6.45, 7) is 13.8. The molecule has 0 N–H and O–H groups in total. The van der Waals surface area contributed by atoms with Gasteiger partial charge in [0.2, 0.25) is 0 Å². The third kappa shape index (κ3) is 3.21. The second-order valence-corrected chi connectivity index (χ2v) is 16.1. The summed E-state index contributed by atoms with van der Waals surface area (Å²) in [5.74, 6) is 0. The number of pyridine rings is 1. The van der Waals surface area contributed by atoms with E-state index < -0.39 is 5.41 Å². The molecule has 1 spiro atoms. The maximum Gasteiger partial charge on any atom is 0.263 e. The zero-order valence-electron chi connectivity index (χ0n) is 28.3. The lowest BCUT2D eigenvalue weighted by Gasteiger charge is -2.32. The monoisotopic (exact) mass is 619 g/mol. The van der Waals surface area contributed by atoms with Crippen LogP contribution in [0.5, 0.6) is 0 Å². The Kier molecular flexibility index (Phi) is 5.12. The molecule has 0 bridgehead atoms. The minimum Gasteiger partial charge on any atom is -0.274 e. The maximum absolute atomic E-state index is 14.7. The highest BCUT2D eigenvalue weighted by Gasteiger charge is 2.53. The van der Waals surface area contributed by atoms with Crippen LogP contribution >= 0.6 is 0 Å². The van der Waals surface area contributed by atoms with E-state index in [4.69, 9.17) is 0 Å². The van der Waals surface area contributed by atoms with E-state index in [1.165, 1.54) is 55.6 Å². The standard InChI is InChI=1S/C46H37NO/c1-44(2,3)26-18-20-29-30-21-19-27(45(4,5)6)25-39(30)46(38(29)24-26)36-17-10-9-14-35(36)40-37(46)23-22-33-32-16-11-15-31-28-12-7-8-13-34(28)43(48)47(41(31)32)42(33)40/h7-25H,1-6H3. The Morgan fingerprint density at radius 2 is 1.00 bits per heavy atom. The van der Waals surface area contributed by atoms with Gasteiger partial charge in [0.1, 0.15) is 0 Å². The topological polar surface area (TPSA) is 21.5 Å². The van der Waals surface area contributed by atoms with Gasteiger partial charge in [-0.3, -0.25) is 9.20 Å². The molecule has 0 saturated carbocycles. The predicted octanol–water partition coefficient (Wildman–Crippen LogP) is 11.1. The van der Waals surface area contributed by atoms with E-state index >= 15 is 0 Å². The molecule has 0 saturated heterocycles. The Morgan fingerprint density at radius 1 is 0.458 bits per heavy atom. The number of rotatable bonds is 0. The van der Waals surface area contributed by atoms with Gasteiger partial charge in [-0.1, -0.05) is 151 Å². The molecule has 2 aromatic heterocycles. The Bertz CT molecular complexity index is 2700. The summed E-state index contributed by atoms with van der Waals surface area (Å²) >= 11 is 0. The molecule has 0 atom stereocenters. The first-order valence-electron chi connectivity index (χ1n) is 17.2. The molecule has 0 radical (unpaired) electrons. The maximum atomic E-state index is 14.7. The molecule has 2 heteroatoms. The lowest BCUT2D eigenvalue weighted by atomic mass is 9.69. The van der Waals surface area contributed by atoms with E-state index in [0.717, 1.165) is 38.0 Å². The van der Waals surface area contributed by atoms with Gasteiger partial charge in [-0.15, -0.1) is 0 Å². The third-order valence-electron chi connectivity index (χ3n) is 11.5. The van der Waals surface area contributed by atoms with Crippen molar-refractivity contribution < 1.29 is 0 Å². The van der Waals surface area contributed by atoms with Crippen molar-refractivity contribution in [2.45, 2.75) is 57.8 Å². The average Bonchev–Trinajstić information content (AvgIpc) is 3.68. The number of hydrogen-bond acceptors (Lipinski definition) is 1. The first kappa shape index (κ1) is 27.9. The highest BCUT2D eigenvalue weighted by molar-refractivity contribution is 6.23. The van der Waals surface area contributed by atoms with Crippen LogP contribution in [0.1, 0.15) is 74.9 Å². The van der Waals surface area contributed by atoms with Crippen molar-refractivity contribution in [1.29, 1.82) is 0 Å². The predicted molar refractivity (Wildman–Crippen MR) is 201 cm³/mol. The van der Waals surface area contributed by atoms with E-state index in [9.17, 15) is 4.79 Å². The van der Waals surface area contributed by atoms with E-state index in [1.807, 2.05) is 22.6 Å². The smallest absolute Gasteiger partial charge is 0.263 e. The van der Waals surface area contributed by atoms with Crippen molar-refractivity contribution in [1.82, 2.24) is 4.40 Å². The van der Waals surface area contributed by atoms with Gasteiger partial charge >= 0.3 is 0 Å². The lowest BCUT2D eigenvalue weighted by molar-refractivity contribution is 0.586. The molecule has 8 aromatic rings. The quantitative estimate of drug-likeness (QED) is 0.155. The Labute approximate surface area is 280 Å². The van der Waals surface area contributed by atoms with E-state index in [-0.39, 0.29) is 16.4 Å². The van der Waals surface area contributed by atoms with Gasteiger partial charge in [0.05, 0.1) is 16.4 Å². The number of fused-ring (bicyclic) bond motifs is 16. The van der Waals surface area contributed by atoms with Crippen LogP contribution < -0.4 is 5.56 Å². The van der Waals surface area contributed by atoms with Crippen LogP contribution in [0.15, 0.2) is 120 Å². The Balaban J connectivity index is 1.45. The zero-order valence-corrected chi connectivity index (χ0v) is 28.3. The molecule has 48 heavy (non-hydrogen) atoms. The van der Waals surface area contributed by atoms with Crippen LogP contribution in [-0.4, -0.2) is 4.40 Å². The molecule has 0 amide bonds. The van der Waals surface area contributed by atoms with Crippen molar-refractivity contribution in [3.05, 3.63) is 159 Å². The van der Waals surface area contributed by atoms with Gasteiger partial charge in [-0.2, -0.15) is 0 Å². The van der Waals surface area contributed by atoms with Gasteiger partial charge in [-0.05, 0) is 72.4 Å². The fourth-order valence-electron chi connectivity index (χ4n) is 9.20. The first-order valence-corrected chi connectivity index (χ1v) is 17.2. The molecule has 232 valence electrons. The fraction of sp³-hybridized carbons (Fsp3) is 0.196. The minimum atomic E-state index is -0.511. The first-order chi connectivity index (χ1) is 23.0. The Morgan fingerprint density at radius 3 is 1.65 bits per heavy atom. The molecule has 2 aliphatic rings. The molecule has 2 nitrogen and oxygen atoms in total. The largest absolute Gasteiger partial charge is 0.274 e. The summed E-state index contributed by atoms with van der Waals surface area (Å²) in [5, 5.41) is 5.15. The normalized spacial score (nSPS) is 14.7. The zero-order chi connectivity index (χ0) is 32.9. The van der Waals surface area contributed by atoms with Crippen LogP contribution in [0.3, 0.4) is 0 Å². The average molecular weight is 620 g/mol.